The lowest BCUT2D eigenvalue weighted by Crippen LogP contribution is -2.14. The number of nitrogens with zero attached hydrogens (tertiary/aromatic N) is 3. The van der Waals surface area contributed by atoms with Gasteiger partial charge in [0.15, 0.2) is 0 Å². The molecular weight excluding hydrogens is 352 g/mol. The third kappa shape index (κ3) is 4.46. The summed E-state index contributed by atoms with van der Waals surface area (Å²) in [4.78, 5) is 16.2. The first-order valence-electron chi connectivity index (χ1n) is 6.82. The fourth-order valence-electron chi connectivity index (χ4n) is 1.81. The average Bonchev–Trinajstić information content (AvgIpc) is 3.25. The second-order valence-corrected chi connectivity index (χ2v) is 7.76. The predicted molar refractivity (Wildman–Crippen MR) is 97.7 cm³/mol. The lowest BCUT2D eigenvalue weighted by molar-refractivity contribution is -0.113. The van der Waals surface area contributed by atoms with Gasteiger partial charge in [-0.2, -0.15) is 0 Å². The molecule has 0 atom stereocenters. The van der Waals surface area contributed by atoms with E-state index in [9.17, 15) is 4.79 Å². The summed E-state index contributed by atoms with van der Waals surface area (Å²) in [7, 11) is 1.63. The molecule has 1 aromatic heterocycles. The van der Waals surface area contributed by atoms with Gasteiger partial charge in [-0.15, -0.1) is 10.2 Å². The highest BCUT2D eigenvalue weighted by Crippen LogP contribution is 2.28. The number of rotatable bonds is 5. The molecule has 1 aliphatic heterocycles. The Bertz CT molecular complexity index is 715. The van der Waals surface area contributed by atoms with Crippen LogP contribution >= 0.6 is 34.9 Å². The molecule has 3 rings (SSSR count). The molecule has 2 heterocycles. The lowest BCUT2D eigenvalue weighted by atomic mass is 10.2. The molecule has 6 nitrogen and oxygen atoms in total. The van der Waals surface area contributed by atoms with Gasteiger partial charge in [0, 0.05) is 11.3 Å². The van der Waals surface area contributed by atoms with Gasteiger partial charge in [-0.05, 0) is 24.3 Å². The van der Waals surface area contributed by atoms with Crippen molar-refractivity contribution < 1.29 is 9.53 Å². The SMILES string of the molecule is COc1ccc(-c2nnc(NC(=O)CSC3=NCCS3)s2)cc1. The summed E-state index contributed by atoms with van der Waals surface area (Å²) in [6.45, 7) is 0.843. The molecule has 1 N–H and O–H groups in total. The highest BCUT2D eigenvalue weighted by atomic mass is 32.2. The van der Waals surface area contributed by atoms with Crippen LogP contribution in [0.1, 0.15) is 0 Å². The normalized spacial score (nSPS) is 13.7. The number of carbonyl (C=O) groups is 1. The molecule has 0 bridgehead atoms. The van der Waals surface area contributed by atoms with Crippen LogP contribution in [0.4, 0.5) is 5.13 Å². The molecule has 9 heteroatoms. The third-order valence-corrected chi connectivity index (χ3v) is 6.03. The summed E-state index contributed by atoms with van der Waals surface area (Å²) in [5.74, 6) is 2.04. The Morgan fingerprint density at radius 3 is 2.87 bits per heavy atom. The van der Waals surface area contributed by atoms with Crippen LogP contribution in [0.2, 0.25) is 0 Å². The first kappa shape index (κ1) is 16.3. The molecule has 0 fully saturated rings. The number of benzene rings is 1. The second-order valence-electron chi connectivity index (χ2n) is 4.47. The molecule has 0 radical (unpaired) electrons. The van der Waals surface area contributed by atoms with Crippen LogP contribution in [-0.2, 0) is 4.79 Å². The molecule has 120 valence electrons. The Morgan fingerprint density at radius 2 is 2.17 bits per heavy atom. The van der Waals surface area contributed by atoms with Crippen molar-refractivity contribution >= 4 is 50.3 Å². The number of hydrogen-bond acceptors (Lipinski definition) is 8. The zero-order valence-corrected chi connectivity index (χ0v) is 14.8. The Hall–Kier alpha value is -1.58. The largest absolute Gasteiger partial charge is 0.497 e. The molecule has 1 aliphatic rings. The molecule has 0 spiro atoms. The van der Waals surface area contributed by atoms with E-state index in [2.05, 4.69) is 20.5 Å². The van der Waals surface area contributed by atoms with Crippen molar-refractivity contribution in [1.29, 1.82) is 0 Å². The Balaban J connectivity index is 1.56. The minimum absolute atomic E-state index is 0.0948. The van der Waals surface area contributed by atoms with Gasteiger partial charge in [-0.3, -0.25) is 15.1 Å². The van der Waals surface area contributed by atoms with Gasteiger partial charge in [0.2, 0.25) is 11.0 Å². The molecule has 0 unspecified atom stereocenters. The first-order chi connectivity index (χ1) is 11.2. The Kier molecular flexibility index (Phi) is 5.52. The Morgan fingerprint density at radius 1 is 1.35 bits per heavy atom. The molecule has 0 aliphatic carbocycles. The smallest absolute Gasteiger partial charge is 0.236 e. The van der Waals surface area contributed by atoms with Gasteiger partial charge in [0.25, 0.3) is 0 Å². The lowest BCUT2D eigenvalue weighted by Gasteiger charge is -2.00. The maximum absolute atomic E-state index is 11.9. The predicted octanol–water partition coefficient (Wildman–Crippen LogP) is 2.99. The van der Waals surface area contributed by atoms with Crippen molar-refractivity contribution in [2.24, 2.45) is 4.99 Å². The van der Waals surface area contributed by atoms with E-state index in [0.29, 0.717) is 10.9 Å². The van der Waals surface area contributed by atoms with Crippen LogP contribution in [0.15, 0.2) is 29.3 Å². The van der Waals surface area contributed by atoms with E-state index in [-0.39, 0.29) is 5.91 Å². The van der Waals surface area contributed by atoms with Gasteiger partial charge in [0.05, 0.1) is 19.4 Å². The summed E-state index contributed by atoms with van der Waals surface area (Å²) in [6, 6.07) is 7.56. The van der Waals surface area contributed by atoms with Crippen LogP contribution in [0.3, 0.4) is 0 Å². The minimum atomic E-state index is -0.0948. The van der Waals surface area contributed by atoms with Crippen molar-refractivity contribution in [2.75, 3.05) is 30.5 Å². The zero-order chi connectivity index (χ0) is 16.1. The quantitative estimate of drug-likeness (QED) is 0.877. The number of carbonyl (C=O) groups excluding carboxylic acids is 1. The van der Waals surface area contributed by atoms with E-state index in [4.69, 9.17) is 4.74 Å². The maximum Gasteiger partial charge on any atom is 0.236 e. The standard InChI is InChI=1S/C14H14N4O2S3/c1-20-10-4-2-9(3-5-10)12-17-18-13(23-12)16-11(19)8-22-14-15-6-7-21-14/h2-5H,6-8H2,1H3,(H,16,18,19). The highest BCUT2D eigenvalue weighted by Gasteiger charge is 2.13. The zero-order valence-electron chi connectivity index (χ0n) is 12.3. The second kappa shape index (κ2) is 7.80. The number of nitrogens with one attached hydrogen (secondary N) is 1. The van der Waals surface area contributed by atoms with Gasteiger partial charge in [-0.25, -0.2) is 0 Å². The summed E-state index contributed by atoms with van der Waals surface area (Å²) in [5.41, 5.74) is 0.940. The summed E-state index contributed by atoms with van der Waals surface area (Å²) >= 11 is 4.50. The molecule has 0 saturated heterocycles. The molecule has 23 heavy (non-hydrogen) atoms. The van der Waals surface area contributed by atoms with Crippen LogP contribution in [0, 0.1) is 0 Å². The van der Waals surface area contributed by atoms with Crippen molar-refractivity contribution in [3.8, 4) is 16.3 Å². The maximum atomic E-state index is 11.9. The minimum Gasteiger partial charge on any atom is -0.497 e. The first-order valence-corrected chi connectivity index (χ1v) is 9.61. The highest BCUT2D eigenvalue weighted by molar-refractivity contribution is 8.39. The van der Waals surface area contributed by atoms with E-state index in [1.165, 1.54) is 23.1 Å². The average molecular weight is 366 g/mol. The van der Waals surface area contributed by atoms with Crippen molar-refractivity contribution in [3.63, 3.8) is 0 Å². The van der Waals surface area contributed by atoms with Crippen molar-refractivity contribution in [3.05, 3.63) is 24.3 Å². The Labute approximate surface area is 146 Å². The number of aliphatic imine (C=N–C) groups is 1. The number of anilines is 1. The topological polar surface area (TPSA) is 76.5 Å². The summed E-state index contributed by atoms with van der Waals surface area (Å²) < 4.78 is 6.11. The van der Waals surface area contributed by atoms with E-state index >= 15 is 0 Å². The van der Waals surface area contributed by atoms with E-state index in [1.807, 2.05) is 24.3 Å². The number of amides is 1. The van der Waals surface area contributed by atoms with E-state index in [0.717, 1.165) is 33.0 Å². The fourth-order valence-corrected chi connectivity index (χ4v) is 4.38. The number of thioether (sulfide) groups is 2. The van der Waals surface area contributed by atoms with Crippen LogP contribution in [0.5, 0.6) is 5.75 Å². The van der Waals surface area contributed by atoms with E-state index in [1.54, 1.807) is 18.9 Å². The number of hydrogen-bond donors (Lipinski definition) is 1. The van der Waals surface area contributed by atoms with Crippen LogP contribution < -0.4 is 10.1 Å². The monoisotopic (exact) mass is 366 g/mol. The van der Waals surface area contributed by atoms with Crippen molar-refractivity contribution in [1.82, 2.24) is 10.2 Å². The summed E-state index contributed by atoms with van der Waals surface area (Å²) in [6.07, 6.45) is 0. The molecule has 1 amide bonds. The number of aromatic nitrogens is 2. The van der Waals surface area contributed by atoms with E-state index < -0.39 is 0 Å². The summed E-state index contributed by atoms with van der Waals surface area (Å²) in [5, 5.41) is 12.2. The van der Waals surface area contributed by atoms with Gasteiger partial charge >= 0.3 is 0 Å². The van der Waals surface area contributed by atoms with Crippen LogP contribution in [-0.4, -0.2) is 45.6 Å². The van der Waals surface area contributed by atoms with Gasteiger partial charge < -0.3 is 4.74 Å². The number of ether oxygens (including phenoxy) is 1. The third-order valence-electron chi connectivity index (χ3n) is 2.89. The fraction of sp³-hybridized carbons (Fsp3) is 0.286. The van der Waals surface area contributed by atoms with Crippen molar-refractivity contribution in [2.45, 2.75) is 0 Å². The molecular formula is C14H14N4O2S3. The van der Waals surface area contributed by atoms with Gasteiger partial charge in [0.1, 0.15) is 15.1 Å². The van der Waals surface area contributed by atoms with Crippen LogP contribution in [0.25, 0.3) is 10.6 Å². The molecule has 0 saturated carbocycles. The molecule has 1 aromatic carbocycles. The molecule has 2 aromatic rings. The number of methoxy groups -OCH3 is 1. The van der Waals surface area contributed by atoms with Gasteiger partial charge in [-0.1, -0.05) is 34.9 Å².